The van der Waals surface area contributed by atoms with E-state index in [1.807, 2.05) is 6.07 Å². The molecule has 1 heterocycles. The molecule has 0 spiro atoms. The fourth-order valence-corrected chi connectivity index (χ4v) is 1.83. The second-order valence-electron chi connectivity index (χ2n) is 3.27. The van der Waals surface area contributed by atoms with Gasteiger partial charge in [0.1, 0.15) is 5.95 Å². The first-order valence-electron chi connectivity index (χ1n) is 4.62. The molecule has 0 N–H and O–H groups in total. The molecule has 1 aromatic carbocycles. The Hall–Kier alpha value is -1.26. The summed E-state index contributed by atoms with van der Waals surface area (Å²) in [6.07, 6.45) is 1.95. The van der Waals surface area contributed by atoms with E-state index in [0.29, 0.717) is 23.0 Å². The van der Waals surface area contributed by atoms with Gasteiger partial charge in [0.2, 0.25) is 6.20 Å². The van der Waals surface area contributed by atoms with E-state index in [4.69, 9.17) is 23.2 Å². The van der Waals surface area contributed by atoms with Crippen LogP contribution in [0.2, 0.25) is 10.0 Å². The summed E-state index contributed by atoms with van der Waals surface area (Å²) in [7, 11) is 0. The van der Waals surface area contributed by atoms with E-state index in [0.717, 1.165) is 5.56 Å². The highest BCUT2D eigenvalue weighted by Crippen LogP contribution is 2.21. The average molecular weight is 259 g/mol. The molecular formula is C10H8Cl2N2O2. The highest BCUT2D eigenvalue weighted by molar-refractivity contribution is 6.35. The fraction of sp³-hybridized carbons (Fsp3) is 0.200. The molecule has 4 nitrogen and oxygen atoms in total. The van der Waals surface area contributed by atoms with Gasteiger partial charge in [-0.1, -0.05) is 34.0 Å². The van der Waals surface area contributed by atoms with Crippen molar-refractivity contribution in [1.82, 2.24) is 5.27 Å². The molecule has 2 rings (SSSR count). The van der Waals surface area contributed by atoms with Gasteiger partial charge < -0.3 is 9.63 Å². The maximum Gasteiger partial charge on any atom is 0.221 e. The summed E-state index contributed by atoms with van der Waals surface area (Å²) in [6, 6.07) is 5.31. The van der Waals surface area contributed by atoms with Crippen molar-refractivity contribution < 1.29 is 14.3 Å². The minimum absolute atomic E-state index is 0.456. The first kappa shape index (κ1) is 11.2. The Morgan fingerprint density at radius 2 is 2.19 bits per heavy atom. The van der Waals surface area contributed by atoms with Crippen LogP contribution in [0.25, 0.3) is 0 Å². The second kappa shape index (κ2) is 4.72. The summed E-state index contributed by atoms with van der Waals surface area (Å²) in [5.41, 5.74) is 0.953. The van der Waals surface area contributed by atoms with Crippen LogP contribution in [0, 0.1) is 0 Å². The molecular weight excluding hydrogens is 251 g/mol. The molecule has 0 aliphatic carbocycles. The number of benzene rings is 1. The number of rotatable bonds is 3. The van der Waals surface area contributed by atoms with Crippen molar-refractivity contribution in [2.45, 2.75) is 13.0 Å². The summed E-state index contributed by atoms with van der Waals surface area (Å²) < 4.78 is 5.84. The Labute approximate surface area is 102 Å². The van der Waals surface area contributed by atoms with Gasteiger partial charge in [-0.2, -0.15) is 0 Å². The Balaban J connectivity index is 2.04. The van der Waals surface area contributed by atoms with Crippen molar-refractivity contribution in [3.05, 3.63) is 40.0 Å². The standard InChI is InChI=1S/C10H8Cl2N2O2/c11-8-2-1-7(9(12)5-8)3-4-14-6-10(15)16-13-14/h1-2,5-6H,3-4H2. The van der Waals surface area contributed by atoms with E-state index >= 15 is 0 Å². The van der Waals surface area contributed by atoms with Crippen LogP contribution in [0.15, 0.2) is 28.9 Å². The molecule has 84 valence electrons. The lowest BCUT2D eigenvalue weighted by Gasteiger charge is -2.00. The van der Waals surface area contributed by atoms with Crippen LogP contribution in [0.5, 0.6) is 5.95 Å². The monoisotopic (exact) mass is 258 g/mol. The van der Waals surface area contributed by atoms with Gasteiger partial charge in [0.05, 0.1) is 5.27 Å². The smallest absolute Gasteiger partial charge is 0.221 e. The molecule has 0 fully saturated rings. The maximum absolute atomic E-state index is 10.7. The molecule has 0 aliphatic rings. The van der Waals surface area contributed by atoms with Gasteiger partial charge in [-0.3, -0.25) is 0 Å². The van der Waals surface area contributed by atoms with Crippen LogP contribution < -0.4 is 9.79 Å². The molecule has 0 aliphatic heterocycles. The summed E-state index contributed by atoms with van der Waals surface area (Å²) in [6.45, 7) is 0.535. The zero-order valence-electron chi connectivity index (χ0n) is 8.19. The fourth-order valence-electron chi connectivity index (χ4n) is 1.33. The first-order chi connectivity index (χ1) is 7.65. The Kier molecular flexibility index (Phi) is 3.31. The third kappa shape index (κ3) is 2.65. The van der Waals surface area contributed by atoms with Crippen LogP contribution in [0.3, 0.4) is 0 Å². The molecule has 0 amide bonds. The Morgan fingerprint density at radius 1 is 1.38 bits per heavy atom. The van der Waals surface area contributed by atoms with Crippen LogP contribution in [-0.2, 0) is 13.0 Å². The lowest BCUT2D eigenvalue weighted by Crippen LogP contribution is -2.35. The SMILES string of the molecule is [O-]c1c[n+](CCc2ccc(Cl)cc2Cl)no1. The Bertz CT molecular complexity index is 499. The van der Waals surface area contributed by atoms with Crippen molar-refractivity contribution in [3.63, 3.8) is 0 Å². The zero-order chi connectivity index (χ0) is 11.5. The van der Waals surface area contributed by atoms with E-state index in [1.165, 1.54) is 10.9 Å². The molecule has 0 atom stereocenters. The van der Waals surface area contributed by atoms with Gasteiger partial charge in [-0.15, -0.1) is 0 Å². The molecule has 2 aromatic rings. The third-order valence-corrected chi connectivity index (χ3v) is 2.70. The molecule has 0 saturated carbocycles. The van der Waals surface area contributed by atoms with E-state index in [9.17, 15) is 5.11 Å². The highest BCUT2D eigenvalue weighted by atomic mass is 35.5. The van der Waals surface area contributed by atoms with Gasteiger partial charge in [0.15, 0.2) is 6.54 Å². The summed E-state index contributed by atoms with van der Waals surface area (Å²) in [5, 5.41) is 15.5. The molecule has 0 unspecified atom stereocenters. The van der Waals surface area contributed by atoms with Crippen LogP contribution in [-0.4, -0.2) is 5.27 Å². The summed E-state index contributed by atoms with van der Waals surface area (Å²) in [5.74, 6) is -0.456. The van der Waals surface area contributed by atoms with Crippen LogP contribution >= 0.6 is 23.2 Å². The molecule has 0 saturated heterocycles. The topological polar surface area (TPSA) is 53.0 Å². The quantitative estimate of drug-likeness (QED) is 0.786. The number of hydrogen-bond acceptors (Lipinski definition) is 3. The van der Waals surface area contributed by atoms with E-state index in [1.54, 1.807) is 12.1 Å². The second-order valence-corrected chi connectivity index (χ2v) is 4.11. The number of hydrogen-bond donors (Lipinski definition) is 0. The van der Waals surface area contributed by atoms with Gasteiger partial charge in [-0.05, 0) is 17.7 Å². The Morgan fingerprint density at radius 3 is 2.81 bits per heavy atom. The van der Waals surface area contributed by atoms with Crippen molar-refractivity contribution in [2.75, 3.05) is 0 Å². The third-order valence-electron chi connectivity index (χ3n) is 2.12. The van der Waals surface area contributed by atoms with Gasteiger partial charge >= 0.3 is 0 Å². The summed E-state index contributed by atoms with van der Waals surface area (Å²) >= 11 is 11.8. The van der Waals surface area contributed by atoms with Gasteiger partial charge in [0, 0.05) is 16.5 Å². The molecule has 6 heteroatoms. The van der Waals surface area contributed by atoms with E-state index in [-0.39, 0.29) is 0 Å². The van der Waals surface area contributed by atoms with Crippen molar-refractivity contribution >= 4 is 23.2 Å². The maximum atomic E-state index is 10.7. The van der Waals surface area contributed by atoms with Crippen LogP contribution in [0.1, 0.15) is 5.56 Å². The van der Waals surface area contributed by atoms with Gasteiger partial charge in [0.25, 0.3) is 0 Å². The highest BCUT2D eigenvalue weighted by Gasteiger charge is 2.07. The van der Waals surface area contributed by atoms with E-state index < -0.39 is 5.95 Å². The lowest BCUT2D eigenvalue weighted by molar-refractivity contribution is -0.762. The predicted octanol–water partition coefficient (Wildman–Crippen LogP) is 1.59. The van der Waals surface area contributed by atoms with Gasteiger partial charge in [-0.25, -0.2) is 0 Å². The number of halogens is 2. The number of nitrogens with zero attached hydrogens (tertiary/aromatic N) is 2. The minimum Gasteiger partial charge on any atom is -0.539 e. The van der Waals surface area contributed by atoms with Crippen molar-refractivity contribution in [2.24, 2.45) is 0 Å². The molecule has 1 aromatic heterocycles. The molecule has 16 heavy (non-hydrogen) atoms. The number of aromatic nitrogens is 2. The largest absolute Gasteiger partial charge is 0.539 e. The van der Waals surface area contributed by atoms with Crippen molar-refractivity contribution in [3.8, 4) is 5.95 Å². The predicted molar refractivity (Wildman–Crippen MR) is 56.3 cm³/mol. The zero-order valence-corrected chi connectivity index (χ0v) is 9.70. The van der Waals surface area contributed by atoms with Crippen molar-refractivity contribution in [1.29, 1.82) is 0 Å². The first-order valence-corrected chi connectivity index (χ1v) is 5.38. The van der Waals surface area contributed by atoms with Crippen LogP contribution in [0.4, 0.5) is 0 Å². The van der Waals surface area contributed by atoms with E-state index in [2.05, 4.69) is 9.79 Å². The normalized spacial score (nSPS) is 10.6. The minimum atomic E-state index is -0.456. The molecule has 0 bridgehead atoms. The summed E-state index contributed by atoms with van der Waals surface area (Å²) in [4.78, 5) is 0. The average Bonchev–Trinajstić information content (AvgIpc) is 2.63. The lowest BCUT2D eigenvalue weighted by atomic mass is 10.1. The molecule has 0 radical (unpaired) electrons. The number of aryl methyl sites for hydroxylation is 2.